The van der Waals surface area contributed by atoms with Gasteiger partial charge in [0.1, 0.15) is 49.4 Å². The first-order valence-corrected chi connectivity index (χ1v) is 18.2. The minimum absolute atomic E-state index is 0.00546. The van der Waals surface area contributed by atoms with Crippen molar-refractivity contribution in [2.75, 3.05) is 26.4 Å². The Hall–Kier alpha value is -7.06. The molecule has 0 amide bonds. The van der Waals surface area contributed by atoms with Crippen LogP contribution in [0.25, 0.3) is 33.4 Å². The van der Waals surface area contributed by atoms with Crippen LogP contribution >= 0.6 is 0 Å². The zero-order chi connectivity index (χ0) is 39.0. The van der Waals surface area contributed by atoms with Crippen molar-refractivity contribution in [3.8, 4) is 56.4 Å². The summed E-state index contributed by atoms with van der Waals surface area (Å²) in [5.74, 6) is 1.17. The van der Waals surface area contributed by atoms with Crippen LogP contribution in [0.1, 0.15) is 0 Å². The summed E-state index contributed by atoms with van der Waals surface area (Å²) in [6.45, 7) is 7.16. The van der Waals surface area contributed by atoms with Crippen molar-refractivity contribution in [3.05, 3.63) is 183 Å². The molecular weight excluding hydrogens is 705 g/mol. The Kier molecular flexibility index (Phi) is 13.7. The van der Waals surface area contributed by atoms with Crippen molar-refractivity contribution in [1.29, 1.82) is 0 Å². The van der Waals surface area contributed by atoms with Crippen molar-refractivity contribution in [3.63, 3.8) is 0 Å². The number of carbonyl (C=O) groups is 2. The van der Waals surface area contributed by atoms with Gasteiger partial charge in [0.25, 0.3) is 0 Å². The van der Waals surface area contributed by atoms with Gasteiger partial charge in [-0.3, -0.25) is 0 Å². The lowest BCUT2D eigenvalue weighted by Gasteiger charge is -2.22. The average molecular weight is 747 g/mol. The van der Waals surface area contributed by atoms with Crippen molar-refractivity contribution in [2.45, 2.75) is 12.2 Å². The third-order valence-electron chi connectivity index (χ3n) is 8.61. The first-order valence-electron chi connectivity index (χ1n) is 18.2. The Bertz CT molecular complexity index is 2060. The van der Waals surface area contributed by atoms with E-state index in [1.54, 1.807) is 0 Å². The standard InChI is InChI=1S/C48H42O8/c1-3-47(49)55-37(31-51-43-27-15-11-23-39(43)35-19-7-5-8-20-35)33-53-45-29-17-13-25-41(45)42-26-14-18-30-46(42)54-34-38(56-48(50)4-2)32-52-44-28-16-12-24-40(44)36-21-9-6-10-22-36/h3-30,37-38H,1-2,31-34H2. The van der Waals surface area contributed by atoms with E-state index in [0.717, 1.165) is 45.5 Å². The zero-order valence-corrected chi connectivity index (χ0v) is 30.8. The van der Waals surface area contributed by atoms with Crippen LogP contribution in [-0.4, -0.2) is 50.6 Å². The molecule has 0 spiro atoms. The highest BCUT2D eigenvalue weighted by Gasteiger charge is 2.21. The van der Waals surface area contributed by atoms with Crippen LogP contribution in [0, 0.1) is 0 Å². The molecule has 0 N–H and O–H groups in total. The lowest BCUT2D eigenvalue weighted by Crippen LogP contribution is -2.31. The monoisotopic (exact) mass is 746 g/mol. The molecule has 0 aliphatic rings. The number of benzene rings is 6. The van der Waals surface area contributed by atoms with E-state index in [1.165, 1.54) is 0 Å². The number of hydrogen-bond acceptors (Lipinski definition) is 8. The molecule has 0 fully saturated rings. The van der Waals surface area contributed by atoms with Gasteiger partial charge in [-0.2, -0.15) is 0 Å². The van der Waals surface area contributed by atoms with Crippen molar-refractivity contribution < 1.29 is 38.0 Å². The summed E-state index contributed by atoms with van der Waals surface area (Å²) >= 11 is 0. The van der Waals surface area contributed by atoms with E-state index in [0.29, 0.717) is 23.0 Å². The summed E-state index contributed by atoms with van der Waals surface area (Å²) in [5.41, 5.74) is 5.30. The van der Waals surface area contributed by atoms with Crippen LogP contribution < -0.4 is 18.9 Å². The summed E-state index contributed by atoms with van der Waals surface area (Å²) in [7, 11) is 0. The minimum Gasteiger partial charge on any atom is -0.489 e. The Morgan fingerprint density at radius 3 is 0.982 bits per heavy atom. The fourth-order valence-electron chi connectivity index (χ4n) is 5.92. The van der Waals surface area contributed by atoms with Gasteiger partial charge in [-0.1, -0.05) is 147 Å². The second-order valence-electron chi connectivity index (χ2n) is 12.5. The number of hydrogen-bond donors (Lipinski definition) is 0. The molecule has 2 unspecified atom stereocenters. The SMILES string of the molecule is C=CC(=O)OC(COc1ccccc1-c1ccccc1)COc1ccccc1-c1ccccc1OCC(COc1ccccc1-c1ccccc1)OC(=O)C=C. The number of rotatable bonds is 19. The highest BCUT2D eigenvalue weighted by atomic mass is 16.6. The molecule has 8 heteroatoms. The predicted molar refractivity (Wildman–Crippen MR) is 218 cm³/mol. The quantitative estimate of drug-likeness (QED) is 0.0598. The molecule has 0 saturated heterocycles. The molecule has 8 nitrogen and oxygen atoms in total. The van der Waals surface area contributed by atoms with Crippen molar-refractivity contribution in [2.24, 2.45) is 0 Å². The van der Waals surface area contributed by atoms with Crippen molar-refractivity contribution >= 4 is 11.9 Å². The average Bonchev–Trinajstić information content (AvgIpc) is 3.26. The van der Waals surface area contributed by atoms with Gasteiger partial charge >= 0.3 is 11.9 Å². The summed E-state index contributed by atoms with van der Waals surface area (Å²) < 4.78 is 36.4. The highest BCUT2D eigenvalue weighted by Crippen LogP contribution is 2.37. The predicted octanol–water partition coefficient (Wildman–Crippen LogP) is 9.80. The molecule has 6 aromatic rings. The van der Waals surface area contributed by atoms with Crippen LogP contribution in [0.15, 0.2) is 183 Å². The van der Waals surface area contributed by atoms with Crippen LogP contribution in [0.4, 0.5) is 0 Å². The Balaban J connectivity index is 1.16. The normalized spacial score (nSPS) is 11.6. The summed E-state index contributed by atoms with van der Waals surface area (Å²) in [6, 6.07) is 50.2. The fraction of sp³-hybridized carbons (Fsp3) is 0.125. The largest absolute Gasteiger partial charge is 0.489 e. The minimum atomic E-state index is -0.767. The van der Waals surface area contributed by atoms with Gasteiger partial charge in [0.15, 0.2) is 12.2 Å². The molecule has 0 saturated carbocycles. The lowest BCUT2D eigenvalue weighted by atomic mass is 10.0. The fourth-order valence-corrected chi connectivity index (χ4v) is 5.92. The number of para-hydroxylation sites is 4. The van der Waals surface area contributed by atoms with E-state index >= 15 is 0 Å². The van der Waals surface area contributed by atoms with E-state index in [9.17, 15) is 9.59 Å². The lowest BCUT2D eigenvalue weighted by molar-refractivity contribution is -0.147. The summed E-state index contributed by atoms with van der Waals surface area (Å²) in [4.78, 5) is 24.7. The number of esters is 2. The van der Waals surface area contributed by atoms with Gasteiger partial charge in [0.2, 0.25) is 0 Å². The van der Waals surface area contributed by atoms with E-state index in [4.69, 9.17) is 28.4 Å². The van der Waals surface area contributed by atoms with Gasteiger partial charge in [0, 0.05) is 34.4 Å². The van der Waals surface area contributed by atoms with Gasteiger partial charge < -0.3 is 28.4 Å². The van der Waals surface area contributed by atoms with Crippen LogP contribution in [0.5, 0.6) is 23.0 Å². The first kappa shape index (κ1) is 38.7. The van der Waals surface area contributed by atoms with E-state index in [-0.39, 0.29) is 26.4 Å². The second-order valence-corrected chi connectivity index (χ2v) is 12.5. The number of carbonyl (C=O) groups excluding carboxylic acids is 2. The maximum Gasteiger partial charge on any atom is 0.330 e. The maximum absolute atomic E-state index is 12.4. The molecule has 0 bridgehead atoms. The molecule has 56 heavy (non-hydrogen) atoms. The topological polar surface area (TPSA) is 89.5 Å². The highest BCUT2D eigenvalue weighted by molar-refractivity contribution is 5.82. The van der Waals surface area contributed by atoms with Crippen LogP contribution in [0.3, 0.4) is 0 Å². The van der Waals surface area contributed by atoms with Gasteiger partial charge in [0.05, 0.1) is 0 Å². The Labute approximate surface area is 327 Å². The maximum atomic E-state index is 12.4. The first-order chi connectivity index (χ1) is 27.5. The third-order valence-corrected chi connectivity index (χ3v) is 8.61. The summed E-state index contributed by atoms with van der Waals surface area (Å²) in [6.07, 6.45) is 0.686. The molecular formula is C48H42O8. The molecule has 0 aromatic heterocycles. The molecule has 0 aliphatic heterocycles. The van der Waals surface area contributed by atoms with Gasteiger partial charge in [-0.15, -0.1) is 0 Å². The summed E-state index contributed by atoms with van der Waals surface area (Å²) in [5, 5.41) is 0. The molecule has 6 aromatic carbocycles. The molecule has 2 atom stereocenters. The second kappa shape index (κ2) is 19.9. The zero-order valence-electron chi connectivity index (χ0n) is 30.8. The van der Waals surface area contributed by atoms with Crippen LogP contribution in [-0.2, 0) is 19.1 Å². The third kappa shape index (κ3) is 10.5. The number of ether oxygens (including phenoxy) is 6. The molecule has 0 radical (unpaired) electrons. The van der Waals surface area contributed by atoms with Crippen LogP contribution in [0.2, 0.25) is 0 Å². The van der Waals surface area contributed by atoms with Crippen molar-refractivity contribution in [1.82, 2.24) is 0 Å². The Morgan fingerprint density at radius 2 is 0.661 bits per heavy atom. The molecule has 0 aliphatic carbocycles. The smallest absolute Gasteiger partial charge is 0.330 e. The van der Waals surface area contributed by atoms with Gasteiger partial charge in [-0.25, -0.2) is 9.59 Å². The van der Waals surface area contributed by atoms with Gasteiger partial charge in [-0.05, 0) is 35.4 Å². The van der Waals surface area contributed by atoms with E-state index in [2.05, 4.69) is 13.2 Å². The van der Waals surface area contributed by atoms with E-state index in [1.807, 2.05) is 158 Å². The molecule has 282 valence electrons. The van der Waals surface area contributed by atoms with E-state index < -0.39 is 24.1 Å². The Morgan fingerprint density at radius 1 is 0.393 bits per heavy atom. The molecule has 6 rings (SSSR count). The molecule has 0 heterocycles.